The van der Waals surface area contributed by atoms with Gasteiger partial charge in [-0.3, -0.25) is 9.59 Å². The smallest absolute Gasteiger partial charge is 0.338 e. The van der Waals surface area contributed by atoms with Gasteiger partial charge in [0, 0.05) is 18.2 Å². The Kier molecular flexibility index (Phi) is 6.73. The van der Waals surface area contributed by atoms with Crippen LogP contribution in [0.3, 0.4) is 0 Å². The molecule has 0 bridgehead atoms. The Hall–Kier alpha value is -2.37. The van der Waals surface area contributed by atoms with E-state index in [4.69, 9.17) is 4.74 Å². The Morgan fingerprint density at radius 1 is 1.00 bits per heavy atom. The van der Waals surface area contributed by atoms with Gasteiger partial charge < -0.3 is 15.4 Å². The lowest BCUT2D eigenvalue weighted by Gasteiger charge is -2.33. The highest BCUT2D eigenvalue weighted by molar-refractivity contribution is 5.93. The predicted molar refractivity (Wildman–Crippen MR) is 97.3 cm³/mol. The monoisotopic (exact) mass is 348 g/mol. The standard InChI is InChI=1S/C19H28N2O4/c1-13(22)20-15-9-7-14(8-10-15)17(24)25-11-16(23)21-19(5,6)12-18(2,3)4/h7-10H,11-12H2,1-6H3,(H,20,22)(H,21,23). The summed E-state index contributed by atoms with van der Waals surface area (Å²) in [6.07, 6.45) is 0.796. The van der Waals surface area contributed by atoms with Crippen LogP contribution in [0.1, 0.15) is 58.3 Å². The quantitative estimate of drug-likeness (QED) is 0.774. The van der Waals surface area contributed by atoms with Gasteiger partial charge in [0.15, 0.2) is 6.61 Å². The van der Waals surface area contributed by atoms with Crippen molar-refractivity contribution < 1.29 is 19.1 Å². The molecule has 6 heteroatoms. The topological polar surface area (TPSA) is 84.5 Å². The van der Waals surface area contributed by atoms with Gasteiger partial charge in [-0.05, 0) is 49.9 Å². The summed E-state index contributed by atoms with van der Waals surface area (Å²) in [6, 6.07) is 6.28. The summed E-state index contributed by atoms with van der Waals surface area (Å²) < 4.78 is 5.05. The molecule has 0 spiro atoms. The molecule has 0 aliphatic heterocycles. The SMILES string of the molecule is CC(=O)Nc1ccc(C(=O)OCC(=O)NC(C)(C)CC(C)(C)C)cc1. The van der Waals surface area contributed by atoms with Crippen LogP contribution in [0.25, 0.3) is 0 Å². The van der Waals surface area contributed by atoms with Crippen LogP contribution in [-0.2, 0) is 14.3 Å². The summed E-state index contributed by atoms with van der Waals surface area (Å²) in [7, 11) is 0. The molecule has 0 saturated heterocycles. The highest BCUT2D eigenvalue weighted by atomic mass is 16.5. The van der Waals surface area contributed by atoms with E-state index >= 15 is 0 Å². The number of esters is 1. The van der Waals surface area contributed by atoms with Crippen molar-refractivity contribution in [1.82, 2.24) is 5.32 Å². The fourth-order valence-corrected chi connectivity index (χ4v) is 2.89. The van der Waals surface area contributed by atoms with E-state index in [0.717, 1.165) is 6.42 Å². The number of benzene rings is 1. The number of rotatable bonds is 6. The van der Waals surface area contributed by atoms with E-state index in [2.05, 4.69) is 31.4 Å². The molecular formula is C19H28N2O4. The molecule has 0 fully saturated rings. The van der Waals surface area contributed by atoms with Crippen LogP contribution in [-0.4, -0.2) is 29.9 Å². The van der Waals surface area contributed by atoms with Crippen LogP contribution in [0, 0.1) is 5.41 Å². The third-order valence-electron chi connectivity index (χ3n) is 3.23. The number of hydrogen-bond acceptors (Lipinski definition) is 4. The Balaban J connectivity index is 2.53. The van der Waals surface area contributed by atoms with Gasteiger partial charge in [-0.2, -0.15) is 0 Å². The average molecular weight is 348 g/mol. The molecule has 0 unspecified atom stereocenters. The lowest BCUT2D eigenvalue weighted by atomic mass is 9.82. The minimum Gasteiger partial charge on any atom is -0.452 e. The van der Waals surface area contributed by atoms with Gasteiger partial charge in [0.05, 0.1) is 5.56 Å². The van der Waals surface area contributed by atoms with E-state index in [9.17, 15) is 14.4 Å². The van der Waals surface area contributed by atoms with E-state index in [1.165, 1.54) is 19.1 Å². The molecule has 0 aliphatic carbocycles. The van der Waals surface area contributed by atoms with E-state index < -0.39 is 5.97 Å². The van der Waals surface area contributed by atoms with Crippen LogP contribution in [0.4, 0.5) is 5.69 Å². The van der Waals surface area contributed by atoms with Crippen molar-refractivity contribution >= 4 is 23.5 Å². The van der Waals surface area contributed by atoms with Gasteiger partial charge in [-0.15, -0.1) is 0 Å². The molecular weight excluding hydrogens is 320 g/mol. The van der Waals surface area contributed by atoms with Gasteiger partial charge in [0.2, 0.25) is 5.91 Å². The van der Waals surface area contributed by atoms with Crippen molar-refractivity contribution in [2.75, 3.05) is 11.9 Å². The van der Waals surface area contributed by atoms with Crippen molar-refractivity contribution in [3.05, 3.63) is 29.8 Å². The van der Waals surface area contributed by atoms with Crippen molar-refractivity contribution in [2.24, 2.45) is 5.41 Å². The molecule has 0 atom stereocenters. The van der Waals surface area contributed by atoms with Gasteiger partial charge in [-0.25, -0.2) is 4.79 Å². The first-order chi connectivity index (χ1) is 11.4. The molecule has 1 rings (SSSR count). The zero-order valence-electron chi connectivity index (χ0n) is 15.9. The molecule has 0 aliphatic rings. The number of carbonyl (C=O) groups is 3. The predicted octanol–water partition coefficient (Wildman–Crippen LogP) is 3.13. The van der Waals surface area contributed by atoms with E-state index in [0.29, 0.717) is 11.3 Å². The summed E-state index contributed by atoms with van der Waals surface area (Å²) in [4.78, 5) is 35.0. The average Bonchev–Trinajstić information content (AvgIpc) is 2.41. The maximum atomic E-state index is 12.0. The Morgan fingerprint density at radius 3 is 2.04 bits per heavy atom. The zero-order chi connectivity index (χ0) is 19.3. The molecule has 6 nitrogen and oxygen atoms in total. The molecule has 1 aromatic carbocycles. The van der Waals surface area contributed by atoms with E-state index in [1.54, 1.807) is 12.1 Å². The third kappa shape index (κ3) is 8.33. The highest BCUT2D eigenvalue weighted by Crippen LogP contribution is 2.26. The van der Waals surface area contributed by atoms with Crippen molar-refractivity contribution in [2.45, 2.75) is 53.5 Å². The Labute approximate surface area is 149 Å². The number of ether oxygens (including phenoxy) is 1. The summed E-state index contributed by atoms with van der Waals surface area (Å²) >= 11 is 0. The number of hydrogen-bond donors (Lipinski definition) is 2. The number of carbonyl (C=O) groups excluding carboxylic acids is 3. The number of nitrogens with one attached hydrogen (secondary N) is 2. The largest absolute Gasteiger partial charge is 0.452 e. The van der Waals surface area contributed by atoms with Crippen LogP contribution >= 0.6 is 0 Å². The van der Waals surface area contributed by atoms with Crippen LogP contribution < -0.4 is 10.6 Å². The first-order valence-electron chi connectivity index (χ1n) is 8.24. The second-order valence-corrected chi connectivity index (χ2v) is 8.00. The lowest BCUT2D eigenvalue weighted by Crippen LogP contribution is -2.47. The van der Waals surface area contributed by atoms with E-state index in [1.807, 2.05) is 13.8 Å². The number of amides is 2. The lowest BCUT2D eigenvalue weighted by molar-refractivity contribution is -0.126. The summed E-state index contributed by atoms with van der Waals surface area (Å²) in [6.45, 7) is 11.3. The van der Waals surface area contributed by atoms with Crippen LogP contribution in [0.2, 0.25) is 0 Å². The van der Waals surface area contributed by atoms with Gasteiger partial charge in [0.25, 0.3) is 5.91 Å². The molecule has 2 amide bonds. The first kappa shape index (κ1) is 20.7. The normalized spacial score (nSPS) is 11.6. The molecule has 0 saturated carbocycles. The number of anilines is 1. The zero-order valence-corrected chi connectivity index (χ0v) is 15.9. The first-order valence-corrected chi connectivity index (χ1v) is 8.24. The summed E-state index contributed by atoms with van der Waals surface area (Å²) in [5.41, 5.74) is 0.590. The minimum atomic E-state index is -0.585. The Bertz CT molecular complexity index is 628. The maximum absolute atomic E-state index is 12.0. The fraction of sp³-hybridized carbons (Fsp3) is 0.526. The molecule has 0 heterocycles. The molecule has 138 valence electrons. The maximum Gasteiger partial charge on any atom is 0.338 e. The second kappa shape index (κ2) is 8.14. The second-order valence-electron chi connectivity index (χ2n) is 8.00. The molecule has 0 radical (unpaired) electrons. The summed E-state index contributed by atoms with van der Waals surface area (Å²) in [5.74, 6) is -1.11. The molecule has 0 aromatic heterocycles. The third-order valence-corrected chi connectivity index (χ3v) is 3.23. The van der Waals surface area contributed by atoms with Crippen molar-refractivity contribution in [3.8, 4) is 0 Å². The van der Waals surface area contributed by atoms with Gasteiger partial charge in [0.1, 0.15) is 0 Å². The van der Waals surface area contributed by atoms with Crippen LogP contribution in [0.5, 0.6) is 0 Å². The molecule has 25 heavy (non-hydrogen) atoms. The van der Waals surface area contributed by atoms with Crippen LogP contribution in [0.15, 0.2) is 24.3 Å². The van der Waals surface area contributed by atoms with Gasteiger partial charge in [-0.1, -0.05) is 20.8 Å². The Morgan fingerprint density at radius 2 is 1.56 bits per heavy atom. The van der Waals surface area contributed by atoms with Gasteiger partial charge >= 0.3 is 5.97 Å². The highest BCUT2D eigenvalue weighted by Gasteiger charge is 2.27. The molecule has 1 aromatic rings. The van der Waals surface area contributed by atoms with E-state index in [-0.39, 0.29) is 29.4 Å². The van der Waals surface area contributed by atoms with Crippen molar-refractivity contribution in [1.29, 1.82) is 0 Å². The molecule has 2 N–H and O–H groups in total. The fourth-order valence-electron chi connectivity index (χ4n) is 2.89. The van der Waals surface area contributed by atoms with Crippen molar-refractivity contribution in [3.63, 3.8) is 0 Å². The minimum absolute atomic E-state index is 0.0725. The summed E-state index contributed by atoms with van der Waals surface area (Å²) in [5, 5.41) is 5.50.